The van der Waals surface area contributed by atoms with Gasteiger partial charge in [0.2, 0.25) is 5.88 Å². The number of rotatable bonds is 3. The number of hydrogen-bond donors (Lipinski definition) is 1. The Balaban J connectivity index is 2.23. The smallest absolute Gasteiger partial charge is 0.243 e. The largest absolute Gasteiger partial charge is 0.434 e. The number of ether oxygens (including phenoxy) is 1. The molecule has 5 nitrogen and oxygen atoms in total. The predicted molar refractivity (Wildman–Crippen MR) is 61.4 cm³/mol. The van der Waals surface area contributed by atoms with E-state index in [0.717, 1.165) is 12.1 Å². The number of aromatic nitrogens is 3. The Morgan fingerprint density at radius 2 is 2.31 bits per heavy atom. The molecule has 2 rings (SSSR count). The molecule has 16 heavy (non-hydrogen) atoms. The fraction of sp³-hybridized carbons (Fsp3) is 0.273. The average Bonchev–Trinajstić information content (AvgIpc) is 2.73. The van der Waals surface area contributed by atoms with E-state index in [9.17, 15) is 0 Å². The highest BCUT2D eigenvalue weighted by Gasteiger charge is 2.07. The van der Waals surface area contributed by atoms with Crippen molar-refractivity contribution in [3.63, 3.8) is 0 Å². The zero-order valence-corrected chi connectivity index (χ0v) is 9.34. The summed E-state index contributed by atoms with van der Waals surface area (Å²) in [7, 11) is 0. The lowest BCUT2D eigenvalue weighted by Crippen LogP contribution is -1.97. The van der Waals surface area contributed by atoms with Gasteiger partial charge in [0.25, 0.3) is 0 Å². The van der Waals surface area contributed by atoms with Gasteiger partial charge >= 0.3 is 0 Å². The van der Waals surface area contributed by atoms with Crippen molar-refractivity contribution in [3.8, 4) is 11.6 Å². The molecule has 2 aromatic heterocycles. The van der Waals surface area contributed by atoms with Crippen LogP contribution < -0.4 is 10.5 Å². The van der Waals surface area contributed by atoms with Gasteiger partial charge in [-0.1, -0.05) is 0 Å². The van der Waals surface area contributed by atoms with E-state index in [1.165, 1.54) is 0 Å². The van der Waals surface area contributed by atoms with E-state index >= 15 is 0 Å². The van der Waals surface area contributed by atoms with E-state index in [4.69, 9.17) is 10.5 Å². The maximum Gasteiger partial charge on any atom is 0.243 e. The Kier molecular flexibility index (Phi) is 2.76. The fourth-order valence-corrected chi connectivity index (χ4v) is 1.31. The Bertz CT molecular complexity index is 492. The second-order valence-electron chi connectivity index (χ2n) is 3.48. The second kappa shape index (κ2) is 4.22. The van der Waals surface area contributed by atoms with E-state index in [-0.39, 0.29) is 0 Å². The number of nitrogens with zero attached hydrogens (tertiary/aromatic N) is 3. The molecule has 0 aliphatic heterocycles. The molecule has 5 heteroatoms. The minimum absolute atomic E-state index is 0.427. The summed E-state index contributed by atoms with van der Waals surface area (Å²) in [6, 6.07) is 1.84. The minimum atomic E-state index is 0.427. The van der Waals surface area contributed by atoms with Crippen molar-refractivity contribution in [3.05, 3.63) is 30.2 Å². The summed E-state index contributed by atoms with van der Waals surface area (Å²) in [5, 5.41) is 4.11. The lowest BCUT2D eigenvalue weighted by molar-refractivity contribution is 0.464. The molecule has 84 valence electrons. The van der Waals surface area contributed by atoms with Crippen LogP contribution in [0, 0.1) is 6.92 Å². The van der Waals surface area contributed by atoms with E-state index in [0.29, 0.717) is 17.3 Å². The summed E-state index contributed by atoms with van der Waals surface area (Å²) in [6.07, 6.45) is 5.13. The van der Waals surface area contributed by atoms with Crippen molar-refractivity contribution in [2.45, 2.75) is 20.4 Å². The SMILES string of the molecule is CCn1cc(Oc2nccc(C)c2N)cn1. The van der Waals surface area contributed by atoms with Crippen LogP contribution in [-0.2, 0) is 6.54 Å². The number of aryl methyl sites for hydroxylation is 2. The first-order valence-electron chi connectivity index (χ1n) is 5.12. The highest BCUT2D eigenvalue weighted by atomic mass is 16.5. The van der Waals surface area contributed by atoms with Crippen LogP contribution in [0.2, 0.25) is 0 Å². The van der Waals surface area contributed by atoms with Gasteiger partial charge in [0, 0.05) is 12.7 Å². The van der Waals surface area contributed by atoms with Gasteiger partial charge in [0.15, 0.2) is 5.75 Å². The monoisotopic (exact) mass is 218 g/mol. The Morgan fingerprint density at radius 1 is 1.50 bits per heavy atom. The summed E-state index contributed by atoms with van der Waals surface area (Å²) < 4.78 is 7.33. The van der Waals surface area contributed by atoms with Crippen molar-refractivity contribution in [1.29, 1.82) is 0 Å². The fourth-order valence-electron chi connectivity index (χ4n) is 1.31. The number of anilines is 1. The van der Waals surface area contributed by atoms with Gasteiger partial charge in [0.1, 0.15) is 0 Å². The van der Waals surface area contributed by atoms with Crippen molar-refractivity contribution < 1.29 is 4.74 Å². The highest BCUT2D eigenvalue weighted by Crippen LogP contribution is 2.26. The molecule has 2 heterocycles. The summed E-state index contributed by atoms with van der Waals surface area (Å²) in [5.41, 5.74) is 7.37. The van der Waals surface area contributed by atoms with Gasteiger partial charge in [-0.05, 0) is 25.5 Å². The van der Waals surface area contributed by atoms with Gasteiger partial charge in [-0.2, -0.15) is 5.10 Å². The minimum Gasteiger partial charge on any atom is -0.434 e. The molecule has 2 aromatic rings. The van der Waals surface area contributed by atoms with Gasteiger partial charge in [0.05, 0.1) is 18.1 Å². The lowest BCUT2D eigenvalue weighted by atomic mass is 10.2. The first-order chi connectivity index (χ1) is 7.70. The van der Waals surface area contributed by atoms with Gasteiger partial charge in [-0.3, -0.25) is 4.68 Å². The third-order valence-electron chi connectivity index (χ3n) is 2.32. The van der Waals surface area contributed by atoms with Crippen molar-refractivity contribution in [2.24, 2.45) is 0 Å². The van der Waals surface area contributed by atoms with E-state index in [1.54, 1.807) is 17.1 Å². The molecule has 0 spiro atoms. The molecule has 0 radical (unpaired) electrons. The molecule has 2 N–H and O–H groups in total. The molecular formula is C11H14N4O. The van der Waals surface area contributed by atoms with Crippen LogP contribution in [0.4, 0.5) is 5.69 Å². The Morgan fingerprint density at radius 3 is 3.00 bits per heavy atom. The van der Waals surface area contributed by atoms with Gasteiger partial charge < -0.3 is 10.5 Å². The molecule has 0 atom stereocenters. The first-order valence-corrected chi connectivity index (χ1v) is 5.12. The highest BCUT2D eigenvalue weighted by molar-refractivity contribution is 5.54. The molecule has 0 bridgehead atoms. The number of pyridine rings is 1. The predicted octanol–water partition coefficient (Wildman–Crippen LogP) is 1.98. The first kappa shape index (κ1) is 10.5. The molecular weight excluding hydrogens is 204 g/mol. The Labute approximate surface area is 93.9 Å². The zero-order valence-electron chi connectivity index (χ0n) is 9.34. The summed E-state index contributed by atoms with van der Waals surface area (Å²) in [4.78, 5) is 4.09. The molecule has 0 fully saturated rings. The summed E-state index contributed by atoms with van der Waals surface area (Å²) >= 11 is 0. The van der Waals surface area contributed by atoms with Crippen LogP contribution >= 0.6 is 0 Å². The van der Waals surface area contributed by atoms with Crippen LogP contribution in [0.25, 0.3) is 0 Å². The van der Waals surface area contributed by atoms with E-state index in [2.05, 4.69) is 10.1 Å². The topological polar surface area (TPSA) is 66.0 Å². The maximum absolute atomic E-state index is 5.86. The Hall–Kier alpha value is -2.04. The lowest BCUT2D eigenvalue weighted by Gasteiger charge is -2.06. The number of nitrogen functional groups attached to an aromatic ring is 1. The third-order valence-corrected chi connectivity index (χ3v) is 2.32. The van der Waals surface area contributed by atoms with Gasteiger partial charge in [-0.25, -0.2) is 4.98 Å². The summed E-state index contributed by atoms with van der Waals surface area (Å²) in [5.74, 6) is 1.07. The molecule has 0 aliphatic carbocycles. The third kappa shape index (κ3) is 1.98. The van der Waals surface area contributed by atoms with E-state index in [1.807, 2.05) is 26.1 Å². The number of hydrogen-bond acceptors (Lipinski definition) is 4. The van der Waals surface area contributed by atoms with Crippen LogP contribution in [-0.4, -0.2) is 14.8 Å². The molecule has 0 saturated heterocycles. The number of nitrogens with two attached hydrogens (primary N) is 1. The van der Waals surface area contributed by atoms with Crippen LogP contribution in [0.1, 0.15) is 12.5 Å². The molecule has 0 aromatic carbocycles. The van der Waals surface area contributed by atoms with Crippen molar-refractivity contribution in [2.75, 3.05) is 5.73 Å². The van der Waals surface area contributed by atoms with Gasteiger partial charge in [-0.15, -0.1) is 0 Å². The molecule has 0 aliphatic rings. The second-order valence-corrected chi connectivity index (χ2v) is 3.48. The quantitative estimate of drug-likeness (QED) is 0.855. The van der Waals surface area contributed by atoms with E-state index < -0.39 is 0 Å². The standard InChI is InChI=1S/C11H14N4O/c1-3-15-7-9(6-14-15)16-11-10(12)8(2)4-5-13-11/h4-7H,3,12H2,1-2H3. The molecule has 0 saturated carbocycles. The summed E-state index contributed by atoms with van der Waals surface area (Å²) in [6.45, 7) is 4.73. The molecule has 0 amide bonds. The zero-order chi connectivity index (χ0) is 11.5. The molecule has 0 unspecified atom stereocenters. The maximum atomic E-state index is 5.86. The normalized spacial score (nSPS) is 10.4. The van der Waals surface area contributed by atoms with Crippen LogP contribution in [0.15, 0.2) is 24.7 Å². The van der Waals surface area contributed by atoms with Crippen molar-refractivity contribution >= 4 is 5.69 Å². The van der Waals surface area contributed by atoms with Crippen LogP contribution in [0.5, 0.6) is 11.6 Å². The van der Waals surface area contributed by atoms with Crippen molar-refractivity contribution in [1.82, 2.24) is 14.8 Å². The van der Waals surface area contributed by atoms with Crippen LogP contribution in [0.3, 0.4) is 0 Å². The average molecular weight is 218 g/mol.